The summed E-state index contributed by atoms with van der Waals surface area (Å²) in [6.45, 7) is 0.421. The second kappa shape index (κ2) is 8.67. The lowest BCUT2D eigenvalue weighted by molar-refractivity contribution is 0.104. The van der Waals surface area contributed by atoms with Gasteiger partial charge < -0.3 is 9.47 Å². The minimum Gasteiger partial charge on any atom is -0.497 e. The molecule has 3 heteroatoms. The second-order valence-corrected chi connectivity index (χ2v) is 5.74. The van der Waals surface area contributed by atoms with Crippen LogP contribution >= 0.6 is 0 Å². The molecule has 0 fully saturated rings. The number of ether oxygens (including phenoxy) is 2. The predicted octanol–water partition coefficient (Wildman–Crippen LogP) is 5.17. The lowest BCUT2D eigenvalue weighted by Gasteiger charge is -2.09. The third kappa shape index (κ3) is 4.61. The molecule has 0 heterocycles. The van der Waals surface area contributed by atoms with E-state index < -0.39 is 0 Å². The number of methoxy groups -OCH3 is 1. The molecule has 0 radical (unpaired) electrons. The molecule has 130 valence electrons. The van der Waals surface area contributed by atoms with E-state index in [-0.39, 0.29) is 5.78 Å². The van der Waals surface area contributed by atoms with Crippen LogP contribution in [0, 0.1) is 0 Å². The summed E-state index contributed by atoms with van der Waals surface area (Å²) in [5.74, 6) is 1.24. The van der Waals surface area contributed by atoms with Crippen LogP contribution in [-0.4, -0.2) is 12.9 Å². The summed E-state index contributed by atoms with van der Waals surface area (Å²) in [7, 11) is 1.62. The van der Waals surface area contributed by atoms with Crippen molar-refractivity contribution >= 4 is 11.9 Å². The molecule has 0 aromatic heterocycles. The maximum Gasteiger partial charge on any atom is 0.189 e. The molecule has 0 aliphatic heterocycles. The number of hydrogen-bond acceptors (Lipinski definition) is 3. The number of hydrogen-bond donors (Lipinski definition) is 0. The number of allylic oxidation sites excluding steroid dienone is 1. The van der Waals surface area contributed by atoms with Gasteiger partial charge in [0.05, 0.1) is 12.7 Å². The van der Waals surface area contributed by atoms with Gasteiger partial charge >= 0.3 is 0 Å². The van der Waals surface area contributed by atoms with Crippen molar-refractivity contribution in [3.63, 3.8) is 0 Å². The molecule has 0 saturated heterocycles. The van der Waals surface area contributed by atoms with Crippen molar-refractivity contribution in [3.05, 3.63) is 102 Å². The molecule has 0 amide bonds. The topological polar surface area (TPSA) is 35.5 Å². The van der Waals surface area contributed by atoms with Crippen LogP contribution in [0.25, 0.3) is 6.08 Å². The second-order valence-electron chi connectivity index (χ2n) is 5.74. The first kappa shape index (κ1) is 17.5. The van der Waals surface area contributed by atoms with E-state index in [2.05, 4.69) is 0 Å². The number of benzene rings is 3. The highest BCUT2D eigenvalue weighted by atomic mass is 16.5. The minimum atomic E-state index is -0.100. The number of ketones is 1. The van der Waals surface area contributed by atoms with Crippen LogP contribution in [0.4, 0.5) is 0 Å². The van der Waals surface area contributed by atoms with E-state index in [1.165, 1.54) is 0 Å². The molecule has 3 rings (SSSR count). The van der Waals surface area contributed by atoms with E-state index in [9.17, 15) is 4.79 Å². The standard InChI is InChI=1S/C23H20O3/c1-25-20-11-7-10-18(16-20)14-15-22(24)21-12-5-6-13-23(21)26-17-19-8-3-2-4-9-19/h2-16H,17H2,1H3/b15-14-. The first-order valence-corrected chi connectivity index (χ1v) is 8.38. The molecule has 0 saturated carbocycles. The Bertz CT molecular complexity index is 898. The van der Waals surface area contributed by atoms with Crippen LogP contribution in [-0.2, 0) is 6.61 Å². The van der Waals surface area contributed by atoms with Gasteiger partial charge in [-0.2, -0.15) is 0 Å². The zero-order valence-electron chi connectivity index (χ0n) is 14.6. The average molecular weight is 344 g/mol. The number of carbonyl (C=O) groups excluding carboxylic acids is 1. The minimum absolute atomic E-state index is 0.100. The maximum atomic E-state index is 12.6. The molecule has 0 atom stereocenters. The van der Waals surface area contributed by atoms with Crippen molar-refractivity contribution in [2.45, 2.75) is 6.61 Å². The summed E-state index contributed by atoms with van der Waals surface area (Å²) in [4.78, 5) is 12.6. The molecule has 0 bridgehead atoms. The smallest absolute Gasteiger partial charge is 0.189 e. The highest BCUT2D eigenvalue weighted by Gasteiger charge is 2.09. The van der Waals surface area contributed by atoms with Gasteiger partial charge in [-0.05, 0) is 41.5 Å². The van der Waals surface area contributed by atoms with Crippen molar-refractivity contribution in [1.82, 2.24) is 0 Å². The van der Waals surface area contributed by atoms with E-state index in [0.717, 1.165) is 16.9 Å². The lowest BCUT2D eigenvalue weighted by atomic mass is 10.1. The number of para-hydroxylation sites is 1. The molecule has 3 aromatic rings. The lowest BCUT2D eigenvalue weighted by Crippen LogP contribution is -2.02. The molecular weight excluding hydrogens is 324 g/mol. The van der Waals surface area contributed by atoms with Gasteiger partial charge in [-0.15, -0.1) is 0 Å². The predicted molar refractivity (Wildman–Crippen MR) is 104 cm³/mol. The number of carbonyl (C=O) groups is 1. The maximum absolute atomic E-state index is 12.6. The normalized spacial score (nSPS) is 10.7. The fraction of sp³-hybridized carbons (Fsp3) is 0.0870. The van der Waals surface area contributed by atoms with Crippen LogP contribution in [0.5, 0.6) is 11.5 Å². The van der Waals surface area contributed by atoms with Crippen LogP contribution in [0.15, 0.2) is 84.9 Å². The third-order valence-corrected chi connectivity index (χ3v) is 3.91. The molecule has 3 aromatic carbocycles. The first-order chi connectivity index (χ1) is 12.8. The molecule has 0 aliphatic rings. The van der Waals surface area contributed by atoms with Gasteiger partial charge in [0.2, 0.25) is 0 Å². The van der Waals surface area contributed by atoms with Crippen molar-refractivity contribution in [2.24, 2.45) is 0 Å². The summed E-state index contributed by atoms with van der Waals surface area (Å²) in [6, 6.07) is 24.7. The Morgan fingerprint density at radius 3 is 2.50 bits per heavy atom. The summed E-state index contributed by atoms with van der Waals surface area (Å²) in [6.07, 6.45) is 3.33. The SMILES string of the molecule is COc1cccc(/C=C\C(=O)c2ccccc2OCc2ccccc2)c1. The third-order valence-electron chi connectivity index (χ3n) is 3.91. The zero-order chi connectivity index (χ0) is 18.2. The Balaban J connectivity index is 1.73. The molecule has 3 nitrogen and oxygen atoms in total. The van der Waals surface area contributed by atoms with Crippen LogP contribution in [0.1, 0.15) is 21.5 Å². The van der Waals surface area contributed by atoms with Crippen molar-refractivity contribution in [3.8, 4) is 11.5 Å². The fourth-order valence-corrected chi connectivity index (χ4v) is 2.54. The van der Waals surface area contributed by atoms with Gasteiger partial charge in [0, 0.05) is 0 Å². The van der Waals surface area contributed by atoms with Gasteiger partial charge in [-0.3, -0.25) is 4.79 Å². The zero-order valence-corrected chi connectivity index (χ0v) is 14.6. The summed E-state index contributed by atoms with van der Waals surface area (Å²) < 4.78 is 11.1. The Kier molecular flexibility index (Phi) is 5.84. The van der Waals surface area contributed by atoms with Crippen LogP contribution in [0.2, 0.25) is 0 Å². The molecule has 0 N–H and O–H groups in total. The highest BCUT2D eigenvalue weighted by Crippen LogP contribution is 2.21. The van der Waals surface area contributed by atoms with E-state index in [1.54, 1.807) is 25.3 Å². The summed E-state index contributed by atoms with van der Waals surface area (Å²) >= 11 is 0. The molecule has 0 unspecified atom stereocenters. The average Bonchev–Trinajstić information content (AvgIpc) is 2.71. The van der Waals surface area contributed by atoms with Gasteiger partial charge in [-0.25, -0.2) is 0 Å². The molecule has 0 spiro atoms. The molecule has 0 aliphatic carbocycles. The first-order valence-electron chi connectivity index (χ1n) is 8.38. The Morgan fingerprint density at radius 2 is 1.69 bits per heavy atom. The van der Waals surface area contributed by atoms with Gasteiger partial charge in [0.1, 0.15) is 18.1 Å². The Morgan fingerprint density at radius 1 is 0.923 bits per heavy atom. The van der Waals surface area contributed by atoms with Crippen LogP contribution < -0.4 is 9.47 Å². The summed E-state index contributed by atoms with van der Waals surface area (Å²) in [5.41, 5.74) is 2.50. The van der Waals surface area contributed by atoms with Gasteiger partial charge in [0.15, 0.2) is 5.78 Å². The number of rotatable bonds is 7. The van der Waals surface area contributed by atoms with E-state index in [0.29, 0.717) is 17.9 Å². The molecular formula is C23H20O3. The van der Waals surface area contributed by atoms with E-state index in [1.807, 2.05) is 72.8 Å². The van der Waals surface area contributed by atoms with Crippen molar-refractivity contribution in [1.29, 1.82) is 0 Å². The van der Waals surface area contributed by atoms with Crippen molar-refractivity contribution < 1.29 is 14.3 Å². The quantitative estimate of drug-likeness (QED) is 0.438. The summed E-state index contributed by atoms with van der Waals surface area (Å²) in [5, 5.41) is 0. The van der Waals surface area contributed by atoms with E-state index in [4.69, 9.17) is 9.47 Å². The van der Waals surface area contributed by atoms with Gasteiger partial charge in [-0.1, -0.05) is 60.7 Å². The monoisotopic (exact) mass is 344 g/mol. The Hall–Kier alpha value is -3.33. The Labute approximate surface area is 153 Å². The largest absolute Gasteiger partial charge is 0.497 e. The van der Waals surface area contributed by atoms with E-state index >= 15 is 0 Å². The van der Waals surface area contributed by atoms with Gasteiger partial charge in [0.25, 0.3) is 0 Å². The van der Waals surface area contributed by atoms with Crippen molar-refractivity contribution in [2.75, 3.05) is 7.11 Å². The highest BCUT2D eigenvalue weighted by molar-refractivity contribution is 6.08. The van der Waals surface area contributed by atoms with Crippen LogP contribution in [0.3, 0.4) is 0 Å². The fourth-order valence-electron chi connectivity index (χ4n) is 2.54. The molecule has 26 heavy (non-hydrogen) atoms.